The molecule has 0 saturated heterocycles. The molecule has 0 saturated carbocycles. The van der Waals surface area contributed by atoms with Crippen LogP contribution < -0.4 is 10.8 Å². The molecular formula is C7H13NO5. The van der Waals surface area contributed by atoms with Crippen molar-refractivity contribution in [3.05, 3.63) is 0 Å². The summed E-state index contributed by atoms with van der Waals surface area (Å²) in [5, 5.41) is 28.3. The first-order chi connectivity index (χ1) is 5.86. The standard InChI is InChI=1S/C7H13NO5/c1-3(9)6(11)5(10)2-4(8)7(12)13/h4-6,10-11H,2,8H2,1H3,(H,12,13)/t4-,5+,6+/m0/s1. The molecule has 0 heterocycles. The van der Waals surface area contributed by atoms with Crippen LogP contribution in [-0.2, 0) is 9.59 Å². The lowest BCUT2D eigenvalue weighted by Crippen LogP contribution is -2.69. The van der Waals surface area contributed by atoms with Gasteiger partial charge in [0.1, 0.15) is 12.1 Å². The number of aliphatic carboxylic acids is 1. The smallest absolute Gasteiger partial charge is 0.160 e. The number of hydrogen-bond donors (Lipinski definition) is 3. The number of carboxylic acids is 1. The SMILES string of the molecule is CC(=O)[C@@H](O)[C@H](O)C[C@H]([NH3+])C(=O)[O-]. The lowest BCUT2D eigenvalue weighted by molar-refractivity contribution is -0.441. The zero-order valence-corrected chi connectivity index (χ0v) is 7.27. The fourth-order valence-corrected chi connectivity index (χ4v) is 0.788. The summed E-state index contributed by atoms with van der Waals surface area (Å²) < 4.78 is 0. The van der Waals surface area contributed by atoms with Crippen molar-refractivity contribution in [2.24, 2.45) is 0 Å². The molecule has 13 heavy (non-hydrogen) atoms. The minimum Gasteiger partial charge on any atom is -0.544 e. The minimum absolute atomic E-state index is 0.302. The molecule has 0 amide bonds. The number of carboxylic acid groups (broad SMARTS) is 1. The number of Topliss-reactive ketones (excluding diaryl/α,β-unsaturated/α-hetero) is 1. The lowest BCUT2D eigenvalue weighted by Gasteiger charge is -2.17. The van der Waals surface area contributed by atoms with Crippen molar-refractivity contribution < 1.29 is 30.6 Å². The van der Waals surface area contributed by atoms with Crippen LogP contribution in [0, 0.1) is 0 Å². The fraction of sp³-hybridized carbons (Fsp3) is 0.714. The maximum Gasteiger partial charge on any atom is 0.160 e. The van der Waals surface area contributed by atoms with Gasteiger partial charge in [-0.1, -0.05) is 0 Å². The van der Waals surface area contributed by atoms with E-state index in [-0.39, 0.29) is 6.42 Å². The normalized spacial score (nSPS) is 17.5. The Labute approximate surface area is 75.0 Å². The van der Waals surface area contributed by atoms with Crippen molar-refractivity contribution in [2.45, 2.75) is 31.6 Å². The summed E-state index contributed by atoms with van der Waals surface area (Å²) in [7, 11) is 0. The van der Waals surface area contributed by atoms with Gasteiger partial charge in [-0.3, -0.25) is 4.79 Å². The van der Waals surface area contributed by atoms with Crippen LogP contribution in [0.1, 0.15) is 13.3 Å². The number of aliphatic hydroxyl groups is 2. The predicted octanol–water partition coefficient (Wildman–Crippen LogP) is -3.95. The molecule has 0 rings (SSSR count). The van der Waals surface area contributed by atoms with Crippen LogP contribution in [0.2, 0.25) is 0 Å². The Morgan fingerprint density at radius 1 is 1.46 bits per heavy atom. The highest BCUT2D eigenvalue weighted by atomic mass is 16.4. The van der Waals surface area contributed by atoms with Gasteiger partial charge in [-0.25, -0.2) is 0 Å². The Morgan fingerprint density at radius 3 is 2.23 bits per heavy atom. The van der Waals surface area contributed by atoms with Crippen LogP contribution in [0.25, 0.3) is 0 Å². The zero-order valence-electron chi connectivity index (χ0n) is 7.27. The van der Waals surface area contributed by atoms with E-state index >= 15 is 0 Å². The lowest BCUT2D eigenvalue weighted by atomic mass is 10.0. The van der Waals surface area contributed by atoms with Crippen molar-refractivity contribution >= 4 is 11.8 Å². The molecule has 0 aliphatic rings. The highest BCUT2D eigenvalue weighted by molar-refractivity contribution is 5.80. The van der Waals surface area contributed by atoms with Gasteiger partial charge in [-0.05, 0) is 6.92 Å². The summed E-state index contributed by atoms with van der Waals surface area (Å²) in [5.41, 5.74) is 3.17. The van der Waals surface area contributed by atoms with E-state index in [1.54, 1.807) is 0 Å². The van der Waals surface area contributed by atoms with Crippen molar-refractivity contribution in [2.75, 3.05) is 0 Å². The molecule has 5 N–H and O–H groups in total. The topological polar surface area (TPSA) is 125 Å². The number of carbonyl (C=O) groups is 2. The van der Waals surface area contributed by atoms with Crippen molar-refractivity contribution in [3.63, 3.8) is 0 Å². The van der Waals surface area contributed by atoms with E-state index < -0.39 is 30.0 Å². The second kappa shape index (κ2) is 4.90. The number of carbonyl (C=O) groups excluding carboxylic acids is 2. The number of aliphatic hydroxyl groups excluding tert-OH is 2. The van der Waals surface area contributed by atoms with Gasteiger partial charge in [0.15, 0.2) is 5.78 Å². The van der Waals surface area contributed by atoms with Crippen molar-refractivity contribution in [1.82, 2.24) is 0 Å². The van der Waals surface area contributed by atoms with Gasteiger partial charge >= 0.3 is 0 Å². The highest BCUT2D eigenvalue weighted by Gasteiger charge is 2.24. The molecule has 0 aliphatic heterocycles. The van der Waals surface area contributed by atoms with E-state index in [4.69, 9.17) is 10.2 Å². The van der Waals surface area contributed by atoms with Gasteiger partial charge in [-0.15, -0.1) is 0 Å². The molecule has 0 fully saturated rings. The highest BCUT2D eigenvalue weighted by Crippen LogP contribution is 2.01. The predicted molar refractivity (Wildman–Crippen MR) is 39.0 cm³/mol. The largest absolute Gasteiger partial charge is 0.544 e. The van der Waals surface area contributed by atoms with E-state index in [0.717, 1.165) is 6.92 Å². The Kier molecular flexibility index (Phi) is 4.53. The van der Waals surface area contributed by atoms with E-state index in [1.807, 2.05) is 0 Å². The molecule has 0 bridgehead atoms. The molecule has 6 nitrogen and oxygen atoms in total. The first-order valence-electron chi connectivity index (χ1n) is 3.76. The molecule has 0 radical (unpaired) electrons. The molecule has 0 unspecified atom stereocenters. The Bertz CT molecular complexity index is 205. The summed E-state index contributed by atoms with van der Waals surface area (Å²) in [5.74, 6) is -2.03. The summed E-state index contributed by atoms with van der Waals surface area (Å²) in [6.45, 7) is 1.10. The van der Waals surface area contributed by atoms with E-state index in [2.05, 4.69) is 5.73 Å². The van der Waals surface area contributed by atoms with Crippen molar-refractivity contribution in [3.8, 4) is 0 Å². The second-order valence-electron chi connectivity index (χ2n) is 2.87. The maximum atomic E-state index is 10.5. The van der Waals surface area contributed by atoms with E-state index in [0.29, 0.717) is 0 Å². The monoisotopic (exact) mass is 191 g/mol. The van der Waals surface area contributed by atoms with Crippen LogP contribution >= 0.6 is 0 Å². The first-order valence-corrected chi connectivity index (χ1v) is 3.76. The molecule has 3 atom stereocenters. The van der Waals surface area contributed by atoms with Gasteiger partial charge in [-0.2, -0.15) is 0 Å². The fourth-order valence-electron chi connectivity index (χ4n) is 0.788. The third-order valence-electron chi connectivity index (χ3n) is 1.64. The third kappa shape index (κ3) is 3.97. The molecule has 76 valence electrons. The van der Waals surface area contributed by atoms with E-state index in [9.17, 15) is 14.7 Å². The van der Waals surface area contributed by atoms with Crippen LogP contribution in [0.3, 0.4) is 0 Å². The summed E-state index contributed by atoms with van der Waals surface area (Å²) in [6.07, 6.45) is -3.26. The third-order valence-corrected chi connectivity index (χ3v) is 1.64. The van der Waals surface area contributed by atoms with Gasteiger partial charge in [0.2, 0.25) is 0 Å². The molecule has 0 spiro atoms. The average molecular weight is 191 g/mol. The molecule has 0 aromatic carbocycles. The molecule has 0 aromatic rings. The van der Waals surface area contributed by atoms with Gasteiger partial charge in [0.05, 0.1) is 12.1 Å². The quantitative estimate of drug-likeness (QED) is 0.409. The number of hydrogen-bond acceptors (Lipinski definition) is 5. The molecule has 6 heteroatoms. The number of ketones is 1. The van der Waals surface area contributed by atoms with Crippen LogP contribution in [0.5, 0.6) is 0 Å². The van der Waals surface area contributed by atoms with Gasteiger partial charge < -0.3 is 25.8 Å². The zero-order chi connectivity index (χ0) is 10.6. The van der Waals surface area contributed by atoms with Gasteiger partial charge in [0, 0.05) is 6.42 Å². The van der Waals surface area contributed by atoms with Crippen LogP contribution in [0.4, 0.5) is 0 Å². The minimum atomic E-state index is -1.55. The Morgan fingerprint density at radius 2 is 1.92 bits per heavy atom. The summed E-state index contributed by atoms with van der Waals surface area (Å²) in [6, 6.07) is -1.14. The van der Waals surface area contributed by atoms with Crippen LogP contribution in [0.15, 0.2) is 0 Å². The maximum absolute atomic E-state index is 10.5. The van der Waals surface area contributed by atoms with E-state index in [1.165, 1.54) is 0 Å². The molecule has 0 aromatic heterocycles. The first kappa shape index (κ1) is 12.0. The average Bonchev–Trinajstić information content (AvgIpc) is 2.02. The number of rotatable bonds is 5. The Hall–Kier alpha value is -0.980. The van der Waals surface area contributed by atoms with Crippen molar-refractivity contribution in [1.29, 1.82) is 0 Å². The second-order valence-corrected chi connectivity index (χ2v) is 2.87. The van der Waals surface area contributed by atoms with Gasteiger partial charge in [0.25, 0.3) is 0 Å². The molecule has 0 aliphatic carbocycles. The summed E-state index contributed by atoms with van der Waals surface area (Å²) >= 11 is 0. The number of quaternary nitrogens is 1. The molecular weight excluding hydrogens is 178 g/mol. The van der Waals surface area contributed by atoms with Crippen LogP contribution in [-0.4, -0.2) is 40.2 Å². The summed E-state index contributed by atoms with van der Waals surface area (Å²) in [4.78, 5) is 20.7. The Balaban J connectivity index is 4.06.